The lowest BCUT2D eigenvalue weighted by atomic mass is 10.3. The minimum absolute atomic E-state index is 0.0213. The van der Waals surface area contributed by atoms with Crippen LogP contribution in [0.1, 0.15) is 0 Å². The van der Waals surface area contributed by atoms with Crippen molar-refractivity contribution >= 4 is 54.3 Å². The van der Waals surface area contributed by atoms with E-state index in [1.807, 2.05) is 0 Å². The molecule has 0 fully saturated rings. The number of rotatable bonds is 3. The molecule has 9 heteroatoms. The van der Waals surface area contributed by atoms with E-state index in [4.69, 9.17) is 16.0 Å². The number of hydrogen-bond donors (Lipinski definition) is 2. The lowest BCUT2D eigenvalue weighted by Crippen LogP contribution is -2.13. The number of aromatic amines is 1. The Morgan fingerprint density at radius 1 is 1.23 bits per heavy atom. The van der Waals surface area contributed by atoms with E-state index in [1.54, 1.807) is 24.3 Å². The number of benzene rings is 2. The maximum atomic E-state index is 12.4. The van der Waals surface area contributed by atoms with Crippen LogP contribution in [0.25, 0.3) is 11.1 Å². The van der Waals surface area contributed by atoms with Gasteiger partial charge in [0.05, 0.1) is 10.5 Å². The van der Waals surface area contributed by atoms with Gasteiger partial charge in [-0.05, 0) is 24.3 Å². The summed E-state index contributed by atoms with van der Waals surface area (Å²) in [6.07, 6.45) is 0. The summed E-state index contributed by atoms with van der Waals surface area (Å²) in [4.78, 5) is 13.4. The van der Waals surface area contributed by atoms with E-state index in [0.717, 1.165) is 4.47 Å². The fourth-order valence-corrected chi connectivity index (χ4v) is 3.91. The molecule has 0 bridgehead atoms. The summed E-state index contributed by atoms with van der Waals surface area (Å²) in [5.74, 6) is -0.680. The molecule has 0 radical (unpaired) electrons. The zero-order valence-corrected chi connectivity index (χ0v) is 13.9. The number of H-pyrrole nitrogens is 1. The van der Waals surface area contributed by atoms with Gasteiger partial charge in [0.1, 0.15) is 4.90 Å². The minimum atomic E-state index is -3.92. The highest BCUT2D eigenvalue weighted by atomic mass is 79.9. The number of anilines is 1. The summed E-state index contributed by atoms with van der Waals surface area (Å²) >= 11 is 9.26. The first-order valence-corrected chi connectivity index (χ1v) is 8.61. The fourth-order valence-electron chi connectivity index (χ4n) is 1.92. The quantitative estimate of drug-likeness (QED) is 0.701. The normalized spacial score (nSPS) is 11.7. The molecular weight excluding hydrogens is 396 g/mol. The molecule has 1 aromatic heterocycles. The van der Waals surface area contributed by atoms with Gasteiger partial charge in [-0.25, -0.2) is 13.2 Å². The standard InChI is InChI=1S/C13H8BrClN2O4S/c14-7-2-1-3-8(4-7)17-22(19,20)12-6-11-10(5-9(12)15)16-13(18)21-11/h1-6,17H,(H,16,18). The highest BCUT2D eigenvalue weighted by Gasteiger charge is 2.20. The minimum Gasteiger partial charge on any atom is -0.408 e. The van der Waals surface area contributed by atoms with E-state index in [1.165, 1.54) is 12.1 Å². The lowest BCUT2D eigenvalue weighted by Gasteiger charge is -2.09. The summed E-state index contributed by atoms with van der Waals surface area (Å²) < 4.78 is 32.9. The molecule has 0 unspecified atom stereocenters. The van der Waals surface area contributed by atoms with Crippen LogP contribution < -0.4 is 10.5 Å². The molecule has 22 heavy (non-hydrogen) atoms. The zero-order chi connectivity index (χ0) is 15.9. The fraction of sp³-hybridized carbons (Fsp3) is 0. The van der Waals surface area contributed by atoms with E-state index < -0.39 is 15.8 Å². The van der Waals surface area contributed by atoms with Crippen LogP contribution in [-0.2, 0) is 10.0 Å². The highest BCUT2D eigenvalue weighted by Crippen LogP contribution is 2.28. The predicted octanol–water partition coefficient (Wildman–Crippen LogP) is 3.34. The Kier molecular flexibility index (Phi) is 3.75. The van der Waals surface area contributed by atoms with Crippen LogP contribution in [0.4, 0.5) is 5.69 Å². The molecule has 6 nitrogen and oxygen atoms in total. The van der Waals surface area contributed by atoms with Gasteiger partial charge < -0.3 is 4.42 Å². The van der Waals surface area contributed by atoms with Crippen molar-refractivity contribution in [3.8, 4) is 0 Å². The molecule has 0 atom stereocenters. The van der Waals surface area contributed by atoms with Gasteiger partial charge in [0, 0.05) is 16.2 Å². The summed E-state index contributed by atoms with van der Waals surface area (Å²) in [5, 5.41) is -0.0213. The number of oxazole rings is 1. The van der Waals surface area contributed by atoms with E-state index in [-0.39, 0.29) is 15.5 Å². The zero-order valence-electron chi connectivity index (χ0n) is 10.8. The second-order valence-electron chi connectivity index (χ2n) is 4.41. The molecule has 114 valence electrons. The van der Waals surface area contributed by atoms with Crippen molar-refractivity contribution in [2.45, 2.75) is 4.90 Å². The molecule has 0 aliphatic heterocycles. The Hall–Kier alpha value is -1.77. The molecule has 1 heterocycles. The van der Waals surface area contributed by atoms with Crippen molar-refractivity contribution in [3.63, 3.8) is 0 Å². The van der Waals surface area contributed by atoms with Crippen LogP contribution in [0.3, 0.4) is 0 Å². The second kappa shape index (κ2) is 5.45. The van der Waals surface area contributed by atoms with Gasteiger partial charge in [0.25, 0.3) is 10.0 Å². The van der Waals surface area contributed by atoms with Crippen LogP contribution in [0.15, 0.2) is 55.0 Å². The van der Waals surface area contributed by atoms with E-state index in [9.17, 15) is 13.2 Å². The number of sulfonamides is 1. The van der Waals surface area contributed by atoms with Crippen LogP contribution in [0.2, 0.25) is 5.02 Å². The van der Waals surface area contributed by atoms with Gasteiger partial charge >= 0.3 is 5.76 Å². The first-order valence-electron chi connectivity index (χ1n) is 5.96. The van der Waals surface area contributed by atoms with Crippen LogP contribution >= 0.6 is 27.5 Å². The second-order valence-corrected chi connectivity index (χ2v) is 7.38. The Morgan fingerprint density at radius 3 is 2.73 bits per heavy atom. The van der Waals surface area contributed by atoms with Crippen molar-refractivity contribution in [1.29, 1.82) is 0 Å². The third kappa shape index (κ3) is 2.90. The summed E-state index contributed by atoms with van der Waals surface area (Å²) in [6.45, 7) is 0. The van der Waals surface area contributed by atoms with Crippen molar-refractivity contribution in [1.82, 2.24) is 4.98 Å². The Morgan fingerprint density at radius 2 is 2.00 bits per heavy atom. The average Bonchev–Trinajstić information content (AvgIpc) is 2.76. The number of hydrogen-bond acceptors (Lipinski definition) is 4. The topological polar surface area (TPSA) is 92.2 Å². The van der Waals surface area contributed by atoms with E-state index >= 15 is 0 Å². The monoisotopic (exact) mass is 402 g/mol. The lowest BCUT2D eigenvalue weighted by molar-refractivity contribution is 0.554. The molecule has 0 saturated heterocycles. The summed E-state index contributed by atoms with van der Waals surface area (Å²) in [6, 6.07) is 9.21. The van der Waals surface area contributed by atoms with Crippen molar-refractivity contribution in [2.75, 3.05) is 4.72 Å². The number of aromatic nitrogens is 1. The smallest absolute Gasteiger partial charge is 0.408 e. The van der Waals surface area contributed by atoms with Crippen LogP contribution in [-0.4, -0.2) is 13.4 Å². The van der Waals surface area contributed by atoms with Gasteiger partial charge in [-0.3, -0.25) is 9.71 Å². The van der Waals surface area contributed by atoms with Crippen LogP contribution in [0, 0.1) is 0 Å². The number of nitrogens with one attached hydrogen (secondary N) is 2. The third-order valence-corrected chi connectivity index (χ3v) is 5.18. The molecule has 3 rings (SSSR count). The van der Waals surface area contributed by atoms with Crippen molar-refractivity contribution < 1.29 is 12.8 Å². The van der Waals surface area contributed by atoms with Gasteiger partial charge in [0.15, 0.2) is 5.58 Å². The summed E-state index contributed by atoms with van der Waals surface area (Å²) in [7, 11) is -3.92. The maximum Gasteiger partial charge on any atom is 0.417 e. The molecule has 0 aliphatic rings. The van der Waals surface area contributed by atoms with Gasteiger partial charge in [-0.2, -0.15) is 0 Å². The summed E-state index contributed by atoms with van der Waals surface area (Å²) in [5.41, 5.74) is 0.821. The van der Waals surface area contributed by atoms with Gasteiger partial charge in [0.2, 0.25) is 0 Å². The molecule has 0 spiro atoms. The van der Waals surface area contributed by atoms with Gasteiger partial charge in [-0.15, -0.1) is 0 Å². The SMILES string of the molecule is O=c1[nH]c2cc(Cl)c(S(=O)(=O)Nc3cccc(Br)c3)cc2o1. The first-order chi connectivity index (χ1) is 10.3. The molecule has 2 aromatic carbocycles. The molecular formula is C13H8BrClN2O4S. The Bertz CT molecular complexity index is 1030. The molecule has 0 saturated carbocycles. The van der Waals surface area contributed by atoms with Crippen molar-refractivity contribution in [3.05, 3.63) is 56.4 Å². The molecule has 2 N–H and O–H groups in total. The van der Waals surface area contributed by atoms with Crippen LogP contribution in [0.5, 0.6) is 0 Å². The highest BCUT2D eigenvalue weighted by molar-refractivity contribution is 9.10. The Balaban J connectivity index is 2.08. The largest absolute Gasteiger partial charge is 0.417 e. The molecule has 3 aromatic rings. The maximum absolute atomic E-state index is 12.4. The molecule has 0 amide bonds. The molecule has 0 aliphatic carbocycles. The predicted molar refractivity (Wildman–Crippen MR) is 86.8 cm³/mol. The van der Waals surface area contributed by atoms with E-state index in [2.05, 4.69) is 25.6 Å². The third-order valence-electron chi connectivity index (χ3n) is 2.84. The van der Waals surface area contributed by atoms with Gasteiger partial charge in [-0.1, -0.05) is 33.6 Å². The average molecular weight is 404 g/mol. The number of fused-ring (bicyclic) bond motifs is 1. The van der Waals surface area contributed by atoms with Crippen molar-refractivity contribution in [2.24, 2.45) is 0 Å². The first kappa shape index (κ1) is 15.1. The van der Waals surface area contributed by atoms with E-state index in [0.29, 0.717) is 11.2 Å². The Labute approximate surface area is 138 Å². The number of halogens is 2.